The van der Waals surface area contributed by atoms with E-state index in [1.165, 1.54) is 44.5 Å². The van der Waals surface area contributed by atoms with Gasteiger partial charge in [0.25, 0.3) is 0 Å². The van der Waals surface area contributed by atoms with Gasteiger partial charge in [-0.05, 0) is 56.6 Å². The van der Waals surface area contributed by atoms with E-state index >= 15 is 0 Å². The summed E-state index contributed by atoms with van der Waals surface area (Å²) in [6.45, 7) is 0. The molecule has 0 atom stereocenters. The molecule has 0 amide bonds. The third-order valence-corrected chi connectivity index (χ3v) is 13.5. The molecule has 0 saturated heterocycles. The van der Waals surface area contributed by atoms with E-state index in [1.54, 1.807) is 0 Å². The van der Waals surface area contributed by atoms with Gasteiger partial charge >= 0.3 is 0 Å². The Kier molecular flexibility index (Phi) is 6.97. The summed E-state index contributed by atoms with van der Waals surface area (Å²) in [5.74, 6) is 1.78. The molecule has 0 fully saturated rings. The highest BCUT2D eigenvalue weighted by molar-refractivity contribution is 6.16. The first-order chi connectivity index (χ1) is 31.3. The molecule has 1 spiro atoms. The maximum atomic E-state index is 6.43. The molecule has 0 radical (unpaired) electrons. The maximum absolute atomic E-state index is 6.43. The molecule has 0 N–H and O–H groups in total. The highest BCUT2D eigenvalue weighted by atomic mass is 16.3. The van der Waals surface area contributed by atoms with Crippen LogP contribution in [0.1, 0.15) is 22.3 Å². The summed E-state index contributed by atoms with van der Waals surface area (Å²) in [5.41, 5.74) is 17.5. The van der Waals surface area contributed by atoms with Crippen LogP contribution in [-0.2, 0) is 5.41 Å². The number of fused-ring (bicyclic) bond motifs is 17. The highest BCUT2D eigenvalue weighted by Crippen LogP contribution is 2.64. The molecule has 0 aliphatic heterocycles. The van der Waals surface area contributed by atoms with Gasteiger partial charge in [0, 0.05) is 43.8 Å². The van der Waals surface area contributed by atoms with E-state index in [0.717, 1.165) is 66.0 Å². The van der Waals surface area contributed by atoms with Crippen molar-refractivity contribution in [3.8, 4) is 62.1 Å². The zero-order valence-corrected chi connectivity index (χ0v) is 33.8. The average molecular weight is 803 g/mol. The van der Waals surface area contributed by atoms with E-state index in [0.29, 0.717) is 17.6 Å². The number of nitrogens with zero attached hydrogens (tertiary/aromatic N) is 4. The number of hydrogen-bond acceptors (Lipinski definition) is 4. The highest BCUT2D eigenvalue weighted by Gasteiger charge is 2.52. The molecule has 0 unspecified atom stereocenters. The predicted octanol–water partition coefficient (Wildman–Crippen LogP) is 14.2. The quantitative estimate of drug-likeness (QED) is 0.178. The Hall–Kier alpha value is -8.41. The number of aromatic nitrogens is 4. The standard InChI is InChI=1S/C58H34N4O/c1-2-15-36(16-3-1)55-59-56(37-31-29-35(30-32-37)38-22-14-23-44-42-20-8-13-28-51(42)63-54(38)44)61-57(60-55)62-50-27-12-7-19-41(50)43-33-34-49-52(53(43)62)45-21-6-11-26-48(45)58(49)46-24-9-4-17-39(46)40-18-5-10-25-47(40)58/h1-34H. The molecule has 292 valence electrons. The Morgan fingerprint density at radius 1 is 0.365 bits per heavy atom. The van der Waals surface area contributed by atoms with Gasteiger partial charge in [0.1, 0.15) is 11.2 Å². The molecule has 0 bridgehead atoms. The lowest BCUT2D eigenvalue weighted by atomic mass is 9.70. The molecule has 9 aromatic carbocycles. The molecule has 0 saturated carbocycles. The Bertz CT molecular complexity index is 3810. The summed E-state index contributed by atoms with van der Waals surface area (Å²) in [7, 11) is 0. The first-order valence-corrected chi connectivity index (χ1v) is 21.4. The molecule has 3 aromatic heterocycles. The van der Waals surface area contributed by atoms with Crippen molar-refractivity contribution < 1.29 is 4.42 Å². The summed E-state index contributed by atoms with van der Waals surface area (Å²) in [4.78, 5) is 16.0. The van der Waals surface area contributed by atoms with E-state index in [1.807, 2.05) is 30.3 Å². The lowest BCUT2D eigenvalue weighted by Gasteiger charge is -2.30. The molecule has 14 rings (SSSR count). The predicted molar refractivity (Wildman–Crippen MR) is 254 cm³/mol. The van der Waals surface area contributed by atoms with E-state index in [4.69, 9.17) is 19.4 Å². The minimum Gasteiger partial charge on any atom is -0.455 e. The Balaban J connectivity index is 1.02. The largest absolute Gasteiger partial charge is 0.455 e. The Morgan fingerprint density at radius 3 is 1.67 bits per heavy atom. The van der Waals surface area contributed by atoms with Crippen molar-refractivity contribution in [1.82, 2.24) is 19.5 Å². The fraction of sp³-hybridized carbons (Fsp3) is 0.0172. The first-order valence-electron chi connectivity index (χ1n) is 21.4. The van der Waals surface area contributed by atoms with E-state index in [-0.39, 0.29) is 0 Å². The van der Waals surface area contributed by atoms with Gasteiger partial charge in [0.2, 0.25) is 5.95 Å². The van der Waals surface area contributed by atoms with Crippen molar-refractivity contribution in [3.63, 3.8) is 0 Å². The van der Waals surface area contributed by atoms with Crippen LogP contribution in [0.2, 0.25) is 0 Å². The topological polar surface area (TPSA) is 56.7 Å². The van der Waals surface area contributed by atoms with Crippen molar-refractivity contribution in [2.45, 2.75) is 5.41 Å². The second kappa shape index (κ2) is 12.8. The van der Waals surface area contributed by atoms with Crippen LogP contribution in [0.25, 0.3) is 106 Å². The second-order valence-electron chi connectivity index (χ2n) is 16.6. The zero-order valence-electron chi connectivity index (χ0n) is 33.8. The summed E-state index contributed by atoms with van der Waals surface area (Å²) in [6, 6.07) is 73.6. The van der Waals surface area contributed by atoms with E-state index in [2.05, 4.69) is 180 Å². The second-order valence-corrected chi connectivity index (χ2v) is 16.6. The molecule has 5 nitrogen and oxygen atoms in total. The lowest BCUT2D eigenvalue weighted by Crippen LogP contribution is -2.25. The number of benzene rings is 9. The normalized spacial score (nSPS) is 13.2. The SMILES string of the molecule is c1ccc(-c2nc(-c3ccc(-c4cccc5c4oc4ccccc45)cc3)nc(-n3c4ccccc4c4ccc5c(c43)-c3ccccc3C53c4ccccc4-c4ccccc43)n2)cc1. The number of rotatable bonds is 4. The van der Waals surface area contributed by atoms with Crippen molar-refractivity contribution in [3.05, 3.63) is 229 Å². The first kappa shape index (κ1) is 34.3. The van der Waals surface area contributed by atoms with E-state index in [9.17, 15) is 0 Å². The van der Waals surface area contributed by atoms with Gasteiger partial charge in [-0.3, -0.25) is 4.57 Å². The van der Waals surface area contributed by atoms with Crippen molar-refractivity contribution in [2.75, 3.05) is 0 Å². The summed E-state index contributed by atoms with van der Waals surface area (Å²) in [6.07, 6.45) is 0. The van der Waals surface area contributed by atoms with Crippen LogP contribution >= 0.6 is 0 Å². The minimum absolute atomic E-state index is 0.484. The van der Waals surface area contributed by atoms with Crippen LogP contribution in [0.4, 0.5) is 0 Å². The third kappa shape index (κ3) is 4.63. The fourth-order valence-corrected chi connectivity index (χ4v) is 10.9. The van der Waals surface area contributed by atoms with Crippen LogP contribution in [0.5, 0.6) is 0 Å². The number of furan rings is 1. The molecule has 63 heavy (non-hydrogen) atoms. The number of para-hydroxylation sites is 3. The molecule has 12 aromatic rings. The monoisotopic (exact) mass is 802 g/mol. The molecule has 3 heterocycles. The minimum atomic E-state index is -0.484. The van der Waals surface area contributed by atoms with Crippen molar-refractivity contribution in [2.24, 2.45) is 0 Å². The zero-order chi connectivity index (χ0) is 41.2. The Morgan fingerprint density at radius 2 is 0.921 bits per heavy atom. The van der Waals surface area contributed by atoms with Crippen LogP contribution in [0.3, 0.4) is 0 Å². The third-order valence-electron chi connectivity index (χ3n) is 13.5. The smallest absolute Gasteiger partial charge is 0.238 e. The van der Waals surface area contributed by atoms with Gasteiger partial charge in [-0.2, -0.15) is 9.97 Å². The van der Waals surface area contributed by atoms with Gasteiger partial charge in [-0.1, -0.05) is 194 Å². The average Bonchev–Trinajstić information content (AvgIpc) is 4.08. The van der Waals surface area contributed by atoms with Crippen molar-refractivity contribution in [1.29, 1.82) is 0 Å². The molecule has 2 aliphatic rings. The van der Waals surface area contributed by atoms with Gasteiger partial charge in [-0.15, -0.1) is 0 Å². The van der Waals surface area contributed by atoms with Gasteiger partial charge in [-0.25, -0.2) is 4.98 Å². The Labute approximate surface area is 362 Å². The van der Waals surface area contributed by atoms with Crippen molar-refractivity contribution >= 4 is 43.7 Å². The van der Waals surface area contributed by atoms with Crippen LogP contribution in [0, 0.1) is 0 Å². The van der Waals surface area contributed by atoms with Gasteiger partial charge < -0.3 is 4.42 Å². The molecule has 5 heteroatoms. The van der Waals surface area contributed by atoms with Crippen LogP contribution < -0.4 is 0 Å². The van der Waals surface area contributed by atoms with Gasteiger partial charge in [0.15, 0.2) is 11.6 Å². The summed E-state index contributed by atoms with van der Waals surface area (Å²) < 4.78 is 8.72. The van der Waals surface area contributed by atoms with Crippen LogP contribution in [0.15, 0.2) is 211 Å². The van der Waals surface area contributed by atoms with E-state index < -0.39 is 5.41 Å². The molecular formula is C58H34N4O. The van der Waals surface area contributed by atoms with Crippen LogP contribution in [-0.4, -0.2) is 19.5 Å². The molecular weight excluding hydrogens is 769 g/mol. The van der Waals surface area contributed by atoms with Gasteiger partial charge in [0.05, 0.1) is 16.4 Å². The lowest BCUT2D eigenvalue weighted by molar-refractivity contribution is 0.670. The summed E-state index contributed by atoms with van der Waals surface area (Å²) >= 11 is 0. The maximum Gasteiger partial charge on any atom is 0.238 e. The fourth-order valence-electron chi connectivity index (χ4n) is 10.9. The number of hydrogen-bond donors (Lipinski definition) is 0. The summed E-state index contributed by atoms with van der Waals surface area (Å²) in [5, 5.41) is 4.52. The molecule has 2 aliphatic carbocycles.